The SMILES string of the molecule is CC=CC[P+](c1ccccc1-c1c(OC)cccc1OC)(C1CCCCC1)C1CCCCC1.[Pd+2]. The van der Waals surface area contributed by atoms with Crippen LogP contribution >= 0.6 is 7.26 Å². The third-order valence-electron chi connectivity index (χ3n) is 8.15. The summed E-state index contributed by atoms with van der Waals surface area (Å²) in [6.45, 7) is 2.20. The van der Waals surface area contributed by atoms with Crippen LogP contribution in [0, 0.1) is 0 Å². The normalized spacial score (nSPS) is 18.0. The Morgan fingerprint density at radius 3 is 1.79 bits per heavy atom. The number of ether oxygens (including phenoxy) is 2. The Labute approximate surface area is 221 Å². The van der Waals surface area contributed by atoms with Gasteiger partial charge >= 0.3 is 20.4 Å². The Bertz CT molecular complexity index is 889. The molecular formula is C30H42O2PPd+3. The first-order valence-electron chi connectivity index (χ1n) is 13.1. The van der Waals surface area contributed by atoms with E-state index in [1.165, 1.54) is 75.9 Å². The van der Waals surface area contributed by atoms with Crippen LogP contribution < -0.4 is 14.8 Å². The van der Waals surface area contributed by atoms with Gasteiger partial charge < -0.3 is 9.47 Å². The molecule has 0 spiro atoms. The predicted octanol–water partition coefficient (Wildman–Crippen LogP) is 8.25. The third kappa shape index (κ3) is 5.48. The zero-order chi connectivity index (χ0) is 23.1. The maximum absolute atomic E-state index is 5.90. The van der Waals surface area contributed by atoms with Crippen LogP contribution in [0.3, 0.4) is 0 Å². The van der Waals surface area contributed by atoms with Crippen LogP contribution in [0.5, 0.6) is 11.5 Å². The molecule has 34 heavy (non-hydrogen) atoms. The smallest absolute Gasteiger partial charge is 0.496 e. The van der Waals surface area contributed by atoms with E-state index in [1.807, 2.05) is 6.07 Å². The Morgan fingerprint density at radius 2 is 1.29 bits per heavy atom. The van der Waals surface area contributed by atoms with Crippen LogP contribution in [0.25, 0.3) is 11.1 Å². The van der Waals surface area contributed by atoms with Crippen molar-refractivity contribution in [3.63, 3.8) is 0 Å². The number of benzene rings is 2. The van der Waals surface area contributed by atoms with E-state index in [0.29, 0.717) is 0 Å². The molecule has 4 rings (SSSR count). The molecule has 2 saturated carbocycles. The van der Waals surface area contributed by atoms with Crippen molar-refractivity contribution in [1.29, 1.82) is 0 Å². The molecule has 0 radical (unpaired) electrons. The summed E-state index contributed by atoms with van der Waals surface area (Å²) in [7, 11) is 2.09. The molecule has 0 bridgehead atoms. The average Bonchev–Trinajstić information content (AvgIpc) is 2.90. The summed E-state index contributed by atoms with van der Waals surface area (Å²) in [5.41, 5.74) is 4.16. The monoisotopic (exact) mass is 571 g/mol. The summed E-state index contributed by atoms with van der Waals surface area (Å²) in [5.74, 6) is 1.83. The molecule has 0 atom stereocenters. The molecule has 2 fully saturated rings. The van der Waals surface area contributed by atoms with Crippen molar-refractivity contribution in [2.24, 2.45) is 0 Å². The Hall–Kier alpha value is -1.13. The van der Waals surface area contributed by atoms with Crippen molar-refractivity contribution >= 4 is 12.6 Å². The van der Waals surface area contributed by atoms with E-state index in [0.717, 1.165) is 28.4 Å². The zero-order valence-electron chi connectivity index (χ0n) is 21.2. The number of methoxy groups -OCH3 is 2. The summed E-state index contributed by atoms with van der Waals surface area (Å²) in [6, 6.07) is 15.5. The minimum absolute atomic E-state index is 0. The molecule has 0 amide bonds. The molecule has 0 unspecified atom stereocenters. The number of hydrogen-bond acceptors (Lipinski definition) is 2. The number of hydrogen-bond donors (Lipinski definition) is 0. The molecule has 2 nitrogen and oxygen atoms in total. The van der Waals surface area contributed by atoms with Crippen molar-refractivity contribution < 1.29 is 29.9 Å². The molecule has 0 saturated heterocycles. The Kier molecular flexibility index (Phi) is 10.7. The Morgan fingerprint density at radius 1 is 0.765 bits per heavy atom. The van der Waals surface area contributed by atoms with E-state index >= 15 is 0 Å². The van der Waals surface area contributed by atoms with Gasteiger partial charge in [0.2, 0.25) is 0 Å². The quantitative estimate of drug-likeness (QED) is 0.180. The second kappa shape index (κ2) is 13.3. The fraction of sp³-hybridized carbons (Fsp3) is 0.533. The summed E-state index contributed by atoms with van der Waals surface area (Å²) in [6.07, 6.45) is 20.1. The molecule has 2 aromatic carbocycles. The second-order valence-corrected chi connectivity index (χ2v) is 14.0. The Balaban J connectivity index is 0.00000324. The largest absolute Gasteiger partial charge is 2.00 e. The first-order valence-corrected chi connectivity index (χ1v) is 15.2. The van der Waals surface area contributed by atoms with Crippen LogP contribution in [0.15, 0.2) is 54.6 Å². The molecule has 2 aromatic rings. The maximum atomic E-state index is 5.90. The zero-order valence-corrected chi connectivity index (χ0v) is 23.7. The van der Waals surface area contributed by atoms with Gasteiger partial charge in [-0.25, -0.2) is 0 Å². The van der Waals surface area contributed by atoms with Gasteiger partial charge in [-0.3, -0.25) is 0 Å². The van der Waals surface area contributed by atoms with Crippen molar-refractivity contribution in [3.8, 4) is 22.6 Å². The predicted molar refractivity (Wildman–Crippen MR) is 145 cm³/mol. The van der Waals surface area contributed by atoms with Gasteiger partial charge in [0.25, 0.3) is 0 Å². The third-order valence-corrected chi connectivity index (χ3v) is 13.9. The number of allylic oxidation sites excluding steroid dienone is 2. The van der Waals surface area contributed by atoms with E-state index < -0.39 is 7.26 Å². The van der Waals surface area contributed by atoms with Crippen molar-refractivity contribution in [2.75, 3.05) is 20.4 Å². The van der Waals surface area contributed by atoms with E-state index in [-0.39, 0.29) is 20.4 Å². The fourth-order valence-electron chi connectivity index (χ4n) is 6.62. The minimum atomic E-state index is -1.48. The van der Waals surface area contributed by atoms with Crippen LogP contribution in [-0.4, -0.2) is 31.7 Å². The first kappa shape index (κ1) is 27.5. The van der Waals surface area contributed by atoms with E-state index in [2.05, 4.69) is 55.5 Å². The topological polar surface area (TPSA) is 18.5 Å². The van der Waals surface area contributed by atoms with E-state index in [9.17, 15) is 0 Å². The van der Waals surface area contributed by atoms with Gasteiger partial charge in [0.15, 0.2) is 0 Å². The summed E-state index contributed by atoms with van der Waals surface area (Å²) < 4.78 is 11.8. The molecule has 4 heteroatoms. The minimum Gasteiger partial charge on any atom is -0.496 e. The standard InChI is InChI=1S/C30H42O2P.Pd/c1-4-5-23-33(24-15-8-6-9-16-24,25-17-10-7-11-18-25)29-22-13-12-19-26(29)30-27(31-2)20-14-21-28(30)32-3;/h4-5,12-14,19-22,24-25H,6-11,15-18,23H2,1-3H3;/q+1;+2. The van der Waals surface area contributed by atoms with Crippen molar-refractivity contribution in [3.05, 3.63) is 54.6 Å². The van der Waals surface area contributed by atoms with Crippen molar-refractivity contribution in [2.45, 2.75) is 82.4 Å². The van der Waals surface area contributed by atoms with Crippen LogP contribution in [-0.2, 0) is 20.4 Å². The number of rotatable bonds is 8. The molecule has 186 valence electrons. The van der Waals surface area contributed by atoms with Gasteiger partial charge in [-0.1, -0.05) is 49.3 Å². The molecule has 2 aliphatic carbocycles. The van der Waals surface area contributed by atoms with Crippen LogP contribution in [0.1, 0.15) is 71.1 Å². The first-order chi connectivity index (χ1) is 16.3. The van der Waals surface area contributed by atoms with Gasteiger partial charge in [-0.05, 0) is 76.5 Å². The fourth-order valence-corrected chi connectivity index (χ4v) is 12.9. The van der Waals surface area contributed by atoms with Gasteiger partial charge in [-0.2, -0.15) is 0 Å². The average molecular weight is 572 g/mol. The molecule has 0 aliphatic heterocycles. The maximum Gasteiger partial charge on any atom is 2.00 e. The van der Waals surface area contributed by atoms with E-state index in [1.54, 1.807) is 19.5 Å². The summed E-state index contributed by atoms with van der Waals surface area (Å²) in [5, 5.41) is 1.63. The van der Waals surface area contributed by atoms with Gasteiger partial charge in [0.05, 0.1) is 44.5 Å². The van der Waals surface area contributed by atoms with Crippen LogP contribution in [0.4, 0.5) is 0 Å². The van der Waals surface area contributed by atoms with Gasteiger partial charge in [-0.15, -0.1) is 0 Å². The summed E-state index contributed by atoms with van der Waals surface area (Å²) >= 11 is 0. The van der Waals surface area contributed by atoms with Crippen LogP contribution in [0.2, 0.25) is 0 Å². The molecule has 2 aliphatic rings. The second-order valence-electron chi connectivity index (χ2n) is 9.82. The van der Waals surface area contributed by atoms with Gasteiger partial charge in [0.1, 0.15) is 16.8 Å². The van der Waals surface area contributed by atoms with Crippen molar-refractivity contribution in [1.82, 2.24) is 0 Å². The van der Waals surface area contributed by atoms with Gasteiger partial charge in [0, 0.05) is 5.56 Å². The molecule has 0 N–H and O–H groups in total. The molecular weight excluding hydrogens is 530 g/mol. The molecule has 0 heterocycles. The molecule has 0 aromatic heterocycles. The van der Waals surface area contributed by atoms with E-state index in [4.69, 9.17) is 9.47 Å². The summed E-state index contributed by atoms with van der Waals surface area (Å²) in [4.78, 5) is 0.